The summed E-state index contributed by atoms with van der Waals surface area (Å²) in [4.78, 5) is 15.7. The zero-order chi connectivity index (χ0) is 18.6. The highest BCUT2D eigenvalue weighted by Gasteiger charge is 2.27. The van der Waals surface area contributed by atoms with Gasteiger partial charge in [-0.2, -0.15) is 0 Å². The molecule has 1 unspecified atom stereocenters. The topological polar surface area (TPSA) is 58.1 Å². The van der Waals surface area contributed by atoms with E-state index in [-0.39, 0.29) is 17.5 Å². The summed E-state index contributed by atoms with van der Waals surface area (Å²) in [5.41, 5.74) is 1.07. The molecule has 1 aromatic carbocycles. The Bertz CT molecular complexity index is 914. The third kappa shape index (κ3) is 3.98. The van der Waals surface area contributed by atoms with Crippen LogP contribution in [0.4, 0.5) is 15.9 Å². The fraction of sp³-hybridized carbons (Fsp3) is 0.250. The molecule has 1 amide bonds. The number of anilines is 2. The second-order valence-electron chi connectivity index (χ2n) is 6.51. The number of rotatable bonds is 4. The third-order valence-corrected chi connectivity index (χ3v) is 5.56. The van der Waals surface area contributed by atoms with E-state index in [1.807, 2.05) is 29.6 Å². The average Bonchev–Trinajstić information content (AvgIpc) is 3.25. The van der Waals surface area contributed by atoms with Crippen molar-refractivity contribution in [3.8, 4) is 10.6 Å². The minimum Gasteiger partial charge on any atom is -0.354 e. The Hall–Kier alpha value is -2.80. The lowest BCUT2D eigenvalue weighted by Crippen LogP contribution is -2.41. The molecule has 1 N–H and O–H groups in total. The summed E-state index contributed by atoms with van der Waals surface area (Å²) >= 11 is 1.62. The fourth-order valence-electron chi connectivity index (χ4n) is 3.25. The number of piperidine rings is 1. The Morgan fingerprint density at radius 2 is 2.04 bits per heavy atom. The van der Waals surface area contributed by atoms with E-state index in [1.165, 1.54) is 6.07 Å². The highest BCUT2D eigenvalue weighted by molar-refractivity contribution is 7.13. The predicted octanol–water partition coefficient (Wildman–Crippen LogP) is 4.20. The molecular formula is C20H19FN4OS. The second-order valence-corrected chi connectivity index (χ2v) is 7.46. The molecule has 1 fully saturated rings. The number of hydrogen-bond acceptors (Lipinski definition) is 5. The van der Waals surface area contributed by atoms with Crippen LogP contribution in [0.3, 0.4) is 0 Å². The molecule has 3 heterocycles. The molecule has 1 aliphatic rings. The van der Waals surface area contributed by atoms with Crippen molar-refractivity contribution in [2.45, 2.75) is 12.8 Å². The van der Waals surface area contributed by atoms with Crippen LogP contribution in [0.25, 0.3) is 10.6 Å². The van der Waals surface area contributed by atoms with Crippen molar-refractivity contribution in [3.05, 3.63) is 59.7 Å². The Kier molecular flexibility index (Phi) is 5.11. The van der Waals surface area contributed by atoms with Gasteiger partial charge >= 0.3 is 0 Å². The van der Waals surface area contributed by atoms with Gasteiger partial charge in [0.05, 0.1) is 16.5 Å². The highest BCUT2D eigenvalue weighted by atomic mass is 32.1. The second kappa shape index (κ2) is 7.84. The Morgan fingerprint density at radius 3 is 2.78 bits per heavy atom. The van der Waals surface area contributed by atoms with Gasteiger partial charge in [-0.1, -0.05) is 18.2 Å². The van der Waals surface area contributed by atoms with E-state index in [0.29, 0.717) is 6.54 Å². The van der Waals surface area contributed by atoms with Gasteiger partial charge in [0, 0.05) is 13.1 Å². The molecule has 7 heteroatoms. The van der Waals surface area contributed by atoms with E-state index in [0.717, 1.165) is 35.8 Å². The maximum Gasteiger partial charge on any atom is 0.229 e. The van der Waals surface area contributed by atoms with E-state index in [9.17, 15) is 9.18 Å². The van der Waals surface area contributed by atoms with Crippen molar-refractivity contribution < 1.29 is 9.18 Å². The van der Waals surface area contributed by atoms with Gasteiger partial charge in [-0.05, 0) is 48.6 Å². The van der Waals surface area contributed by atoms with Crippen molar-refractivity contribution in [2.24, 2.45) is 5.92 Å². The van der Waals surface area contributed by atoms with Crippen LogP contribution in [0, 0.1) is 11.7 Å². The number of benzene rings is 1. The predicted molar refractivity (Wildman–Crippen MR) is 105 cm³/mol. The quantitative estimate of drug-likeness (QED) is 0.735. The number of carbonyl (C=O) groups is 1. The molecule has 1 atom stereocenters. The third-order valence-electron chi connectivity index (χ3n) is 4.67. The summed E-state index contributed by atoms with van der Waals surface area (Å²) in [6, 6.07) is 14.1. The average molecular weight is 382 g/mol. The minimum atomic E-state index is -0.423. The van der Waals surface area contributed by atoms with E-state index in [2.05, 4.69) is 20.4 Å². The van der Waals surface area contributed by atoms with E-state index in [4.69, 9.17) is 0 Å². The fourth-order valence-corrected chi connectivity index (χ4v) is 3.94. The van der Waals surface area contributed by atoms with Crippen LogP contribution in [-0.2, 0) is 4.79 Å². The number of nitrogens with zero attached hydrogens (tertiary/aromatic N) is 3. The Balaban J connectivity index is 1.43. The van der Waals surface area contributed by atoms with Gasteiger partial charge in [0.1, 0.15) is 11.5 Å². The van der Waals surface area contributed by atoms with Gasteiger partial charge in [0.2, 0.25) is 5.91 Å². The molecule has 1 aliphatic heterocycles. The lowest BCUT2D eigenvalue weighted by Gasteiger charge is -2.32. The molecule has 0 bridgehead atoms. The summed E-state index contributed by atoms with van der Waals surface area (Å²) in [5.74, 6) is -0.0302. The lowest BCUT2D eigenvalue weighted by molar-refractivity contribution is -0.120. The van der Waals surface area contributed by atoms with Crippen molar-refractivity contribution in [1.29, 1.82) is 0 Å². The zero-order valence-electron chi connectivity index (χ0n) is 14.6. The summed E-state index contributed by atoms with van der Waals surface area (Å²) < 4.78 is 13.8. The lowest BCUT2D eigenvalue weighted by atomic mass is 9.97. The molecule has 27 heavy (non-hydrogen) atoms. The summed E-state index contributed by atoms with van der Waals surface area (Å²) in [5, 5.41) is 13.4. The van der Waals surface area contributed by atoms with Crippen LogP contribution in [0.15, 0.2) is 53.9 Å². The molecule has 0 spiro atoms. The van der Waals surface area contributed by atoms with Crippen molar-refractivity contribution in [3.63, 3.8) is 0 Å². The number of amides is 1. The number of hydrogen-bond donors (Lipinski definition) is 1. The molecule has 0 aliphatic carbocycles. The van der Waals surface area contributed by atoms with Gasteiger partial charge in [-0.3, -0.25) is 4.79 Å². The number of nitrogens with one attached hydrogen (secondary N) is 1. The number of aromatic nitrogens is 2. The smallest absolute Gasteiger partial charge is 0.229 e. The van der Waals surface area contributed by atoms with Gasteiger partial charge < -0.3 is 10.2 Å². The Morgan fingerprint density at radius 1 is 1.15 bits per heavy atom. The van der Waals surface area contributed by atoms with Crippen molar-refractivity contribution >= 4 is 28.7 Å². The zero-order valence-corrected chi connectivity index (χ0v) is 15.5. The van der Waals surface area contributed by atoms with Gasteiger partial charge in [-0.15, -0.1) is 21.5 Å². The first kappa shape index (κ1) is 17.6. The highest BCUT2D eigenvalue weighted by Crippen LogP contribution is 2.26. The molecule has 3 aromatic rings. The molecule has 4 rings (SSSR count). The van der Waals surface area contributed by atoms with Gasteiger partial charge in [-0.25, -0.2) is 4.39 Å². The molecule has 5 nitrogen and oxygen atoms in total. The number of para-hydroxylation sites is 1. The van der Waals surface area contributed by atoms with Crippen molar-refractivity contribution in [2.75, 3.05) is 23.3 Å². The van der Waals surface area contributed by atoms with Crippen LogP contribution in [0.2, 0.25) is 0 Å². The first-order valence-corrected chi connectivity index (χ1v) is 9.76. The summed E-state index contributed by atoms with van der Waals surface area (Å²) in [6.07, 6.45) is 1.65. The number of thiophene rings is 1. The first-order chi connectivity index (χ1) is 13.2. The van der Waals surface area contributed by atoms with E-state index in [1.54, 1.807) is 29.5 Å². The number of carbonyl (C=O) groups excluding carboxylic acids is 1. The number of halogens is 1. The summed E-state index contributed by atoms with van der Waals surface area (Å²) in [7, 11) is 0. The van der Waals surface area contributed by atoms with Crippen LogP contribution >= 0.6 is 11.3 Å². The van der Waals surface area contributed by atoms with Crippen LogP contribution in [0.5, 0.6) is 0 Å². The largest absolute Gasteiger partial charge is 0.354 e. The maximum atomic E-state index is 13.8. The first-order valence-electron chi connectivity index (χ1n) is 8.88. The van der Waals surface area contributed by atoms with E-state index < -0.39 is 5.82 Å². The molecule has 0 saturated carbocycles. The van der Waals surface area contributed by atoms with Crippen molar-refractivity contribution in [1.82, 2.24) is 10.2 Å². The summed E-state index contributed by atoms with van der Waals surface area (Å²) in [6.45, 7) is 1.38. The monoisotopic (exact) mass is 382 g/mol. The van der Waals surface area contributed by atoms with Gasteiger partial charge in [0.15, 0.2) is 5.82 Å². The van der Waals surface area contributed by atoms with Crippen LogP contribution in [0.1, 0.15) is 12.8 Å². The molecule has 138 valence electrons. The normalized spacial score (nSPS) is 16.9. The molecular weight excluding hydrogens is 363 g/mol. The molecule has 2 aromatic heterocycles. The molecule has 1 saturated heterocycles. The molecule has 0 radical (unpaired) electrons. The van der Waals surface area contributed by atoms with Crippen LogP contribution in [-0.4, -0.2) is 29.2 Å². The minimum absolute atomic E-state index is 0.159. The van der Waals surface area contributed by atoms with E-state index >= 15 is 0 Å². The van der Waals surface area contributed by atoms with Gasteiger partial charge in [0.25, 0.3) is 0 Å². The Labute approximate surface area is 160 Å². The SMILES string of the molecule is O=C(Nc1ccccc1F)C1CCCN(c2ccc(-c3cccs3)nn2)C1. The van der Waals surface area contributed by atoms with Crippen LogP contribution < -0.4 is 10.2 Å². The standard InChI is InChI=1S/C20H19FN4OS/c21-15-6-1-2-7-16(15)22-20(26)14-5-3-11-25(13-14)19-10-9-17(23-24-19)18-8-4-12-27-18/h1-2,4,6-10,12,14H,3,5,11,13H2,(H,22,26). The maximum absolute atomic E-state index is 13.8.